The van der Waals surface area contributed by atoms with Gasteiger partial charge in [-0.25, -0.2) is 0 Å². The van der Waals surface area contributed by atoms with E-state index in [1.165, 1.54) is 0 Å². The molecule has 0 aliphatic heterocycles. The van der Waals surface area contributed by atoms with E-state index in [0.717, 1.165) is 28.9 Å². The predicted molar refractivity (Wildman–Crippen MR) is 77.7 cm³/mol. The van der Waals surface area contributed by atoms with Crippen LogP contribution in [0.4, 0.5) is 0 Å². The number of hydrogen-bond acceptors (Lipinski definition) is 2. The lowest BCUT2D eigenvalue weighted by Gasteiger charge is -2.16. The minimum Gasteiger partial charge on any atom is -0.496 e. The van der Waals surface area contributed by atoms with Crippen molar-refractivity contribution in [3.63, 3.8) is 0 Å². The Hall–Kier alpha value is -1.29. The van der Waals surface area contributed by atoms with E-state index in [1.54, 1.807) is 24.2 Å². The summed E-state index contributed by atoms with van der Waals surface area (Å²) >= 11 is 3.40. The van der Waals surface area contributed by atoms with E-state index < -0.39 is 0 Å². The average molecular weight is 312 g/mol. The van der Waals surface area contributed by atoms with Crippen LogP contribution in [0.2, 0.25) is 0 Å². The topological polar surface area (TPSA) is 29.5 Å². The summed E-state index contributed by atoms with van der Waals surface area (Å²) in [7, 11) is 1.62. The lowest BCUT2D eigenvalue weighted by Crippen LogP contribution is -2.28. The molecule has 0 aliphatic carbocycles. The molecular formula is C14H18BrNO2. The van der Waals surface area contributed by atoms with Crippen LogP contribution in [0.25, 0.3) is 6.08 Å². The summed E-state index contributed by atoms with van der Waals surface area (Å²) in [5.74, 6) is 0.767. The van der Waals surface area contributed by atoms with Crippen molar-refractivity contribution in [2.75, 3.05) is 20.2 Å². The molecule has 1 amide bonds. The molecule has 0 spiro atoms. The molecule has 0 atom stereocenters. The maximum Gasteiger partial charge on any atom is 0.246 e. The van der Waals surface area contributed by atoms with Gasteiger partial charge in [-0.1, -0.05) is 15.9 Å². The van der Waals surface area contributed by atoms with Crippen LogP contribution >= 0.6 is 15.9 Å². The number of carbonyl (C=O) groups excluding carboxylic acids is 1. The Kier molecular flexibility index (Phi) is 5.92. The highest BCUT2D eigenvalue weighted by Crippen LogP contribution is 2.24. The first-order valence-corrected chi connectivity index (χ1v) is 6.72. The number of rotatable bonds is 5. The van der Waals surface area contributed by atoms with Crippen LogP contribution in [0.1, 0.15) is 19.4 Å². The molecule has 98 valence electrons. The first kappa shape index (κ1) is 14.8. The Labute approximate surface area is 117 Å². The molecule has 0 unspecified atom stereocenters. The van der Waals surface area contributed by atoms with E-state index in [2.05, 4.69) is 15.9 Å². The molecule has 0 saturated heterocycles. The Morgan fingerprint density at radius 2 is 2.06 bits per heavy atom. The number of likely N-dealkylation sites (N-methyl/N-ethyl adjacent to an activating group) is 1. The highest BCUT2D eigenvalue weighted by atomic mass is 79.9. The summed E-state index contributed by atoms with van der Waals surface area (Å²) in [6, 6.07) is 5.69. The largest absolute Gasteiger partial charge is 0.496 e. The summed E-state index contributed by atoms with van der Waals surface area (Å²) < 4.78 is 6.21. The predicted octanol–water partition coefficient (Wildman–Crippen LogP) is 3.34. The number of nitrogens with zero attached hydrogens (tertiary/aromatic N) is 1. The molecule has 0 aliphatic rings. The average Bonchev–Trinajstić information content (AvgIpc) is 2.38. The van der Waals surface area contributed by atoms with Crippen LogP contribution in [0.3, 0.4) is 0 Å². The molecular weight excluding hydrogens is 294 g/mol. The highest BCUT2D eigenvalue weighted by Gasteiger charge is 2.06. The minimum absolute atomic E-state index is 0.0158. The lowest BCUT2D eigenvalue weighted by atomic mass is 10.2. The number of halogens is 1. The zero-order valence-electron chi connectivity index (χ0n) is 10.9. The van der Waals surface area contributed by atoms with Gasteiger partial charge in [0.1, 0.15) is 5.75 Å². The quantitative estimate of drug-likeness (QED) is 0.781. The fourth-order valence-corrected chi connectivity index (χ4v) is 2.02. The van der Waals surface area contributed by atoms with Gasteiger partial charge in [-0.15, -0.1) is 0 Å². The Morgan fingerprint density at radius 3 is 2.61 bits per heavy atom. The zero-order chi connectivity index (χ0) is 13.5. The number of amides is 1. The smallest absolute Gasteiger partial charge is 0.246 e. The molecule has 0 N–H and O–H groups in total. The SMILES string of the molecule is CCN(CC)C(=O)/C=C\c1cc(Br)ccc1OC. The molecule has 0 aromatic heterocycles. The van der Waals surface area contributed by atoms with Crippen molar-refractivity contribution < 1.29 is 9.53 Å². The van der Waals surface area contributed by atoms with Gasteiger partial charge in [0.15, 0.2) is 0 Å². The fraction of sp³-hybridized carbons (Fsp3) is 0.357. The van der Waals surface area contributed by atoms with Gasteiger partial charge in [0.25, 0.3) is 0 Å². The van der Waals surface area contributed by atoms with Crippen molar-refractivity contribution in [3.05, 3.63) is 34.3 Å². The first-order valence-electron chi connectivity index (χ1n) is 5.92. The molecule has 1 aromatic carbocycles. The summed E-state index contributed by atoms with van der Waals surface area (Å²) in [5.41, 5.74) is 0.882. The molecule has 0 bridgehead atoms. The standard InChI is InChI=1S/C14H18BrNO2/c1-4-16(5-2)14(17)9-6-11-10-12(15)7-8-13(11)18-3/h6-10H,4-5H2,1-3H3/b9-6-. The van der Waals surface area contributed by atoms with Gasteiger partial charge in [-0.05, 0) is 38.1 Å². The van der Waals surface area contributed by atoms with Gasteiger partial charge < -0.3 is 9.64 Å². The molecule has 18 heavy (non-hydrogen) atoms. The second-order valence-corrected chi connectivity index (χ2v) is 4.65. The van der Waals surface area contributed by atoms with Gasteiger partial charge >= 0.3 is 0 Å². The molecule has 0 fully saturated rings. The van der Waals surface area contributed by atoms with E-state index in [1.807, 2.05) is 32.0 Å². The number of carbonyl (C=O) groups is 1. The van der Waals surface area contributed by atoms with E-state index in [0.29, 0.717) is 0 Å². The molecule has 0 heterocycles. The molecule has 3 nitrogen and oxygen atoms in total. The van der Waals surface area contributed by atoms with Gasteiger partial charge in [0, 0.05) is 29.2 Å². The van der Waals surface area contributed by atoms with Crippen LogP contribution in [-0.2, 0) is 4.79 Å². The monoisotopic (exact) mass is 311 g/mol. The van der Waals surface area contributed by atoms with Crippen molar-refractivity contribution >= 4 is 27.9 Å². The molecule has 1 rings (SSSR count). The number of ether oxygens (including phenoxy) is 1. The summed E-state index contributed by atoms with van der Waals surface area (Å²) in [6.07, 6.45) is 3.36. The van der Waals surface area contributed by atoms with Gasteiger partial charge in [0.2, 0.25) is 5.91 Å². The van der Waals surface area contributed by atoms with Gasteiger partial charge in [0.05, 0.1) is 7.11 Å². The Bertz CT molecular complexity index is 439. The molecule has 1 aromatic rings. The molecule has 4 heteroatoms. The van der Waals surface area contributed by atoms with Crippen molar-refractivity contribution in [1.82, 2.24) is 4.90 Å². The summed E-state index contributed by atoms with van der Waals surface area (Å²) in [5, 5.41) is 0. The van der Waals surface area contributed by atoms with Gasteiger partial charge in [-0.3, -0.25) is 4.79 Å². The third-order valence-electron chi connectivity index (χ3n) is 2.67. The Morgan fingerprint density at radius 1 is 1.39 bits per heavy atom. The number of hydrogen-bond donors (Lipinski definition) is 0. The van der Waals surface area contributed by atoms with Gasteiger partial charge in [-0.2, -0.15) is 0 Å². The summed E-state index contributed by atoms with van der Waals surface area (Å²) in [6.45, 7) is 5.37. The van der Waals surface area contributed by atoms with Crippen molar-refractivity contribution in [3.8, 4) is 5.75 Å². The first-order chi connectivity index (χ1) is 8.62. The second-order valence-electron chi connectivity index (χ2n) is 3.73. The van der Waals surface area contributed by atoms with E-state index in [9.17, 15) is 4.79 Å². The van der Waals surface area contributed by atoms with Crippen molar-refractivity contribution in [2.45, 2.75) is 13.8 Å². The van der Waals surface area contributed by atoms with Crippen LogP contribution in [-0.4, -0.2) is 31.0 Å². The van der Waals surface area contributed by atoms with Crippen LogP contribution in [0.15, 0.2) is 28.7 Å². The van der Waals surface area contributed by atoms with E-state index in [4.69, 9.17) is 4.74 Å². The number of methoxy groups -OCH3 is 1. The fourth-order valence-electron chi connectivity index (χ4n) is 1.64. The highest BCUT2D eigenvalue weighted by molar-refractivity contribution is 9.10. The maximum atomic E-state index is 11.8. The number of benzene rings is 1. The summed E-state index contributed by atoms with van der Waals surface area (Å²) in [4.78, 5) is 13.6. The third kappa shape index (κ3) is 3.88. The maximum absolute atomic E-state index is 11.8. The molecule has 0 saturated carbocycles. The Balaban J connectivity index is 2.89. The van der Waals surface area contributed by atoms with Crippen LogP contribution in [0.5, 0.6) is 5.75 Å². The van der Waals surface area contributed by atoms with E-state index >= 15 is 0 Å². The zero-order valence-corrected chi connectivity index (χ0v) is 12.5. The normalized spacial score (nSPS) is 10.7. The molecule has 0 radical (unpaired) electrons. The van der Waals surface area contributed by atoms with Crippen LogP contribution < -0.4 is 4.74 Å². The second kappa shape index (κ2) is 7.21. The lowest BCUT2D eigenvalue weighted by molar-refractivity contribution is -0.125. The van der Waals surface area contributed by atoms with Crippen LogP contribution in [0, 0.1) is 0 Å². The van der Waals surface area contributed by atoms with Crippen molar-refractivity contribution in [1.29, 1.82) is 0 Å². The third-order valence-corrected chi connectivity index (χ3v) is 3.17. The van der Waals surface area contributed by atoms with E-state index in [-0.39, 0.29) is 5.91 Å². The minimum atomic E-state index is 0.0158. The van der Waals surface area contributed by atoms with Crippen molar-refractivity contribution in [2.24, 2.45) is 0 Å².